The highest BCUT2D eigenvalue weighted by atomic mass is 35.5. The molecule has 0 spiro atoms. The Bertz CT molecular complexity index is 1010. The number of rotatable bonds is 5. The van der Waals surface area contributed by atoms with Crippen molar-refractivity contribution in [1.82, 2.24) is 9.80 Å². The Hall–Kier alpha value is -2.87. The lowest BCUT2D eigenvalue weighted by atomic mass is 9.95. The van der Waals surface area contributed by atoms with E-state index in [4.69, 9.17) is 16.3 Å². The largest absolute Gasteiger partial charge is 0.508 e. The number of halogens is 1. The van der Waals surface area contributed by atoms with Gasteiger partial charge in [-0.15, -0.1) is 0 Å². The molecule has 2 aromatic rings. The summed E-state index contributed by atoms with van der Waals surface area (Å²) in [5.74, 6) is -1.67. The summed E-state index contributed by atoms with van der Waals surface area (Å²) in [6, 6.07) is 12.0. The molecule has 0 saturated carbocycles. The number of hydrogen-bond acceptors (Lipinski definition) is 6. The van der Waals surface area contributed by atoms with Crippen LogP contribution in [-0.2, 0) is 14.3 Å². The highest BCUT2D eigenvalue weighted by Gasteiger charge is 2.46. The molecule has 2 saturated heterocycles. The van der Waals surface area contributed by atoms with Gasteiger partial charge < -0.3 is 19.8 Å². The minimum atomic E-state index is -0.802. The Morgan fingerprint density at radius 2 is 1.77 bits per heavy atom. The molecule has 162 valence electrons. The lowest BCUT2D eigenvalue weighted by Gasteiger charge is -2.31. The van der Waals surface area contributed by atoms with Crippen LogP contribution >= 0.6 is 11.6 Å². The number of carbonyl (C=O) groups excluding carboxylic acids is 2. The number of aliphatic hydroxyl groups excluding tert-OH is 1. The van der Waals surface area contributed by atoms with Crippen molar-refractivity contribution in [2.24, 2.45) is 0 Å². The number of aromatic hydroxyl groups is 1. The van der Waals surface area contributed by atoms with E-state index in [9.17, 15) is 19.8 Å². The van der Waals surface area contributed by atoms with Crippen molar-refractivity contribution in [3.8, 4) is 5.75 Å². The van der Waals surface area contributed by atoms with Crippen LogP contribution in [0.4, 0.5) is 0 Å². The van der Waals surface area contributed by atoms with Crippen molar-refractivity contribution in [2.45, 2.75) is 6.04 Å². The van der Waals surface area contributed by atoms with Gasteiger partial charge in [-0.2, -0.15) is 0 Å². The van der Waals surface area contributed by atoms with Gasteiger partial charge in [0.25, 0.3) is 11.7 Å². The quantitative estimate of drug-likeness (QED) is 0.420. The molecule has 2 N–H and O–H groups in total. The normalized spacial score (nSPS) is 21.6. The highest BCUT2D eigenvalue weighted by molar-refractivity contribution is 6.46. The minimum Gasteiger partial charge on any atom is -0.508 e. The van der Waals surface area contributed by atoms with Gasteiger partial charge in [-0.1, -0.05) is 23.7 Å². The van der Waals surface area contributed by atoms with E-state index >= 15 is 0 Å². The lowest BCUT2D eigenvalue weighted by molar-refractivity contribution is -0.140. The summed E-state index contributed by atoms with van der Waals surface area (Å²) in [4.78, 5) is 29.6. The molecule has 0 radical (unpaired) electrons. The molecule has 0 aromatic heterocycles. The topological polar surface area (TPSA) is 90.3 Å². The Morgan fingerprint density at radius 1 is 1.06 bits per heavy atom. The molecule has 2 aliphatic heterocycles. The van der Waals surface area contributed by atoms with Crippen LogP contribution in [0.1, 0.15) is 17.2 Å². The first-order valence-corrected chi connectivity index (χ1v) is 10.5. The number of phenolic OH excluding ortho intramolecular Hbond substituents is 1. The molecule has 2 aromatic carbocycles. The van der Waals surface area contributed by atoms with Gasteiger partial charge in [0.15, 0.2) is 0 Å². The first kappa shape index (κ1) is 21.4. The van der Waals surface area contributed by atoms with E-state index in [0.29, 0.717) is 42.5 Å². The number of nitrogens with zero attached hydrogens (tertiary/aromatic N) is 2. The van der Waals surface area contributed by atoms with Gasteiger partial charge >= 0.3 is 0 Å². The molecule has 8 heteroatoms. The zero-order valence-corrected chi connectivity index (χ0v) is 17.6. The van der Waals surface area contributed by atoms with Crippen LogP contribution < -0.4 is 0 Å². The second-order valence-corrected chi connectivity index (χ2v) is 7.98. The minimum absolute atomic E-state index is 0.0000926. The SMILES string of the molecule is O=C1C(=O)N(CCN2CCOCC2)C(c2cccc(O)c2)/C1=C(\O)c1ccc(Cl)cc1. The van der Waals surface area contributed by atoms with Crippen LogP contribution in [0.2, 0.25) is 5.02 Å². The number of likely N-dealkylation sites (tertiary alicyclic amines) is 1. The summed E-state index contributed by atoms with van der Waals surface area (Å²) in [6.07, 6.45) is 0. The van der Waals surface area contributed by atoms with Gasteiger partial charge in [-0.05, 0) is 42.0 Å². The standard InChI is InChI=1S/C23H23ClN2O5/c24-17-6-4-15(5-7-17)21(28)19-20(16-2-1-3-18(27)14-16)26(23(30)22(19)29)9-8-25-10-12-31-13-11-25/h1-7,14,20,27-28H,8-13H2/b21-19+. The first-order valence-electron chi connectivity index (χ1n) is 10.1. The number of morpholine rings is 1. The lowest BCUT2D eigenvalue weighted by Crippen LogP contribution is -2.42. The molecule has 1 amide bonds. The Balaban J connectivity index is 1.73. The molecule has 1 unspecified atom stereocenters. The number of ketones is 1. The van der Waals surface area contributed by atoms with Crippen molar-refractivity contribution in [2.75, 3.05) is 39.4 Å². The average molecular weight is 443 g/mol. The summed E-state index contributed by atoms with van der Waals surface area (Å²) < 4.78 is 5.37. The molecule has 0 bridgehead atoms. The van der Waals surface area contributed by atoms with Crippen LogP contribution in [0.5, 0.6) is 5.75 Å². The smallest absolute Gasteiger partial charge is 0.295 e. The Labute approximate surface area is 185 Å². The number of hydrogen-bond donors (Lipinski definition) is 2. The Kier molecular flexibility index (Phi) is 6.27. The van der Waals surface area contributed by atoms with E-state index in [0.717, 1.165) is 13.1 Å². The molecule has 4 rings (SSSR count). The van der Waals surface area contributed by atoms with E-state index < -0.39 is 17.7 Å². The molecule has 1 atom stereocenters. The van der Waals surface area contributed by atoms with Gasteiger partial charge in [-0.25, -0.2) is 0 Å². The fraction of sp³-hybridized carbons (Fsp3) is 0.304. The molecular weight excluding hydrogens is 420 g/mol. The highest BCUT2D eigenvalue weighted by Crippen LogP contribution is 2.40. The number of Topliss-reactive ketones (excluding diaryl/α,β-unsaturated/α-hetero) is 1. The zero-order chi connectivity index (χ0) is 22.0. The van der Waals surface area contributed by atoms with Gasteiger partial charge in [0, 0.05) is 36.8 Å². The van der Waals surface area contributed by atoms with Gasteiger partial charge in [0.2, 0.25) is 0 Å². The van der Waals surface area contributed by atoms with Crippen LogP contribution in [0, 0.1) is 0 Å². The van der Waals surface area contributed by atoms with E-state index in [1.807, 2.05) is 0 Å². The summed E-state index contributed by atoms with van der Waals surface area (Å²) in [5, 5.41) is 21.5. The zero-order valence-electron chi connectivity index (χ0n) is 16.8. The van der Waals surface area contributed by atoms with E-state index in [1.54, 1.807) is 36.4 Å². The number of amides is 1. The third kappa shape index (κ3) is 4.44. The molecule has 7 nitrogen and oxygen atoms in total. The third-order valence-corrected chi connectivity index (χ3v) is 5.86. The first-order chi connectivity index (χ1) is 15.0. The van der Waals surface area contributed by atoms with Gasteiger partial charge in [-0.3, -0.25) is 14.5 Å². The number of phenols is 1. The number of carbonyl (C=O) groups is 2. The molecule has 2 fully saturated rings. The average Bonchev–Trinajstić information content (AvgIpc) is 3.03. The maximum atomic E-state index is 13.0. The predicted octanol–water partition coefficient (Wildman–Crippen LogP) is 2.80. The van der Waals surface area contributed by atoms with Crippen LogP contribution in [0.3, 0.4) is 0 Å². The monoisotopic (exact) mass is 442 g/mol. The van der Waals surface area contributed by atoms with E-state index in [-0.39, 0.29) is 17.1 Å². The summed E-state index contributed by atoms with van der Waals surface area (Å²) in [7, 11) is 0. The van der Waals surface area contributed by atoms with Crippen LogP contribution in [0.15, 0.2) is 54.1 Å². The van der Waals surface area contributed by atoms with E-state index in [2.05, 4.69) is 4.90 Å². The van der Waals surface area contributed by atoms with Crippen LogP contribution in [-0.4, -0.2) is 71.1 Å². The van der Waals surface area contributed by atoms with E-state index in [1.165, 1.54) is 17.0 Å². The molecule has 2 heterocycles. The van der Waals surface area contributed by atoms with Crippen molar-refractivity contribution in [1.29, 1.82) is 0 Å². The molecule has 0 aliphatic carbocycles. The van der Waals surface area contributed by atoms with Crippen LogP contribution in [0.25, 0.3) is 5.76 Å². The number of aliphatic hydroxyl groups is 1. The van der Waals surface area contributed by atoms with Crippen molar-refractivity contribution in [3.63, 3.8) is 0 Å². The second kappa shape index (κ2) is 9.09. The second-order valence-electron chi connectivity index (χ2n) is 7.55. The maximum absolute atomic E-state index is 13.0. The molecule has 31 heavy (non-hydrogen) atoms. The summed E-state index contributed by atoms with van der Waals surface area (Å²) in [6.45, 7) is 3.66. The molecular formula is C23H23ClN2O5. The third-order valence-electron chi connectivity index (χ3n) is 5.60. The maximum Gasteiger partial charge on any atom is 0.295 e. The molecule has 2 aliphatic rings. The van der Waals surface area contributed by atoms with Crippen molar-refractivity contribution >= 4 is 29.1 Å². The number of ether oxygens (including phenoxy) is 1. The number of benzene rings is 2. The summed E-state index contributed by atoms with van der Waals surface area (Å²) in [5.41, 5.74) is 0.942. The van der Waals surface area contributed by atoms with Crippen molar-refractivity contribution < 1.29 is 24.5 Å². The fourth-order valence-corrected chi connectivity index (χ4v) is 4.12. The van der Waals surface area contributed by atoms with Crippen molar-refractivity contribution in [3.05, 3.63) is 70.3 Å². The fourth-order valence-electron chi connectivity index (χ4n) is 3.99. The predicted molar refractivity (Wildman–Crippen MR) is 116 cm³/mol. The van der Waals surface area contributed by atoms with Gasteiger partial charge in [0.1, 0.15) is 11.5 Å². The summed E-state index contributed by atoms with van der Waals surface area (Å²) >= 11 is 5.94. The van der Waals surface area contributed by atoms with Gasteiger partial charge in [0.05, 0.1) is 24.8 Å². The Morgan fingerprint density at radius 3 is 2.45 bits per heavy atom.